The fourth-order valence-electron chi connectivity index (χ4n) is 3.00. The van der Waals surface area contributed by atoms with Gasteiger partial charge in [-0.2, -0.15) is 5.10 Å². The van der Waals surface area contributed by atoms with Crippen molar-refractivity contribution in [1.82, 2.24) is 29.6 Å². The first-order valence-electron chi connectivity index (χ1n) is 7.99. The summed E-state index contributed by atoms with van der Waals surface area (Å²) in [5, 5.41) is 4.54. The summed E-state index contributed by atoms with van der Waals surface area (Å²) >= 11 is 0. The molecule has 1 N–H and O–H groups in total. The minimum absolute atomic E-state index is 0.0330. The Labute approximate surface area is 143 Å². The topological polar surface area (TPSA) is 96.8 Å². The van der Waals surface area contributed by atoms with Gasteiger partial charge in [0.2, 0.25) is 0 Å². The van der Waals surface area contributed by atoms with Crippen LogP contribution in [0.15, 0.2) is 47.7 Å². The second-order valence-electron chi connectivity index (χ2n) is 5.85. The maximum absolute atomic E-state index is 12.7. The molecule has 0 saturated carbocycles. The standard InChI is InChI=1S/C17H16N6O2/c1-11-15-20-14(12-5-3-2-4-6-12)21-23(15)8-7-22(11)17(25)13-9-18-10-19-16(13)24/h2-6,9-11H,7-8H2,1H3,(H,18,19,24)/t11-/m0/s1. The Morgan fingerprint density at radius 1 is 1.24 bits per heavy atom. The van der Waals surface area contributed by atoms with Crippen molar-refractivity contribution < 1.29 is 4.79 Å². The van der Waals surface area contributed by atoms with Crippen LogP contribution in [0.2, 0.25) is 0 Å². The molecule has 0 spiro atoms. The van der Waals surface area contributed by atoms with E-state index in [9.17, 15) is 9.59 Å². The molecule has 1 aliphatic heterocycles. The van der Waals surface area contributed by atoms with Gasteiger partial charge in [-0.05, 0) is 6.92 Å². The summed E-state index contributed by atoms with van der Waals surface area (Å²) in [4.78, 5) is 37.1. The van der Waals surface area contributed by atoms with Crippen molar-refractivity contribution in [2.75, 3.05) is 6.54 Å². The molecule has 0 unspecified atom stereocenters. The van der Waals surface area contributed by atoms with E-state index >= 15 is 0 Å². The summed E-state index contributed by atoms with van der Waals surface area (Å²) in [5.41, 5.74) is 0.521. The molecule has 126 valence electrons. The number of hydrogen-bond donors (Lipinski definition) is 1. The van der Waals surface area contributed by atoms with Gasteiger partial charge >= 0.3 is 0 Å². The molecule has 0 fully saturated rings. The summed E-state index contributed by atoms with van der Waals surface area (Å²) in [5.74, 6) is 0.993. The van der Waals surface area contributed by atoms with Crippen molar-refractivity contribution >= 4 is 5.91 Å². The first kappa shape index (κ1) is 15.3. The highest BCUT2D eigenvalue weighted by atomic mass is 16.2. The number of benzene rings is 1. The number of carbonyl (C=O) groups is 1. The fraction of sp³-hybridized carbons (Fsp3) is 0.235. The molecule has 8 heteroatoms. The van der Waals surface area contributed by atoms with Crippen LogP contribution in [-0.4, -0.2) is 42.1 Å². The van der Waals surface area contributed by atoms with E-state index in [1.807, 2.05) is 41.9 Å². The molecule has 3 heterocycles. The third kappa shape index (κ3) is 2.61. The Bertz CT molecular complexity index is 978. The number of hydrogen-bond acceptors (Lipinski definition) is 5. The smallest absolute Gasteiger partial charge is 0.263 e. The summed E-state index contributed by atoms with van der Waals surface area (Å²) in [6, 6.07) is 9.42. The molecule has 1 aromatic carbocycles. The Morgan fingerprint density at radius 2 is 2.04 bits per heavy atom. The number of aromatic nitrogens is 5. The number of nitrogens with one attached hydrogen (secondary N) is 1. The highest BCUT2D eigenvalue weighted by Crippen LogP contribution is 2.26. The molecule has 4 rings (SSSR count). The second kappa shape index (κ2) is 5.97. The van der Waals surface area contributed by atoms with Crippen LogP contribution in [0.4, 0.5) is 0 Å². The third-order valence-electron chi connectivity index (χ3n) is 4.34. The highest BCUT2D eigenvalue weighted by molar-refractivity contribution is 5.93. The maximum atomic E-state index is 12.7. The van der Waals surface area contributed by atoms with E-state index in [4.69, 9.17) is 0 Å². The van der Waals surface area contributed by atoms with Gasteiger partial charge in [-0.1, -0.05) is 30.3 Å². The average Bonchev–Trinajstić information content (AvgIpc) is 3.08. The molecule has 8 nitrogen and oxygen atoms in total. The Kier molecular flexibility index (Phi) is 3.64. The summed E-state index contributed by atoms with van der Waals surface area (Å²) in [6.07, 6.45) is 2.56. The monoisotopic (exact) mass is 336 g/mol. The van der Waals surface area contributed by atoms with Crippen molar-refractivity contribution in [2.45, 2.75) is 19.5 Å². The lowest BCUT2D eigenvalue weighted by molar-refractivity contribution is 0.0628. The van der Waals surface area contributed by atoms with Gasteiger partial charge in [-0.3, -0.25) is 9.59 Å². The lowest BCUT2D eigenvalue weighted by Gasteiger charge is -2.32. The number of aromatic amines is 1. The molecule has 0 radical (unpaired) electrons. The molecule has 1 aliphatic rings. The zero-order valence-corrected chi connectivity index (χ0v) is 13.6. The summed E-state index contributed by atoms with van der Waals surface area (Å²) in [6.45, 7) is 2.87. The van der Waals surface area contributed by atoms with Gasteiger partial charge in [0.15, 0.2) is 5.82 Å². The van der Waals surface area contributed by atoms with Crippen LogP contribution in [0, 0.1) is 0 Å². The Morgan fingerprint density at radius 3 is 2.80 bits per heavy atom. The third-order valence-corrected chi connectivity index (χ3v) is 4.34. The van der Waals surface area contributed by atoms with Crippen LogP contribution >= 0.6 is 0 Å². The van der Waals surface area contributed by atoms with Crippen LogP contribution in [0.5, 0.6) is 0 Å². The molecule has 1 amide bonds. The van der Waals surface area contributed by atoms with Crippen LogP contribution < -0.4 is 5.56 Å². The zero-order valence-electron chi connectivity index (χ0n) is 13.6. The molecule has 2 aromatic heterocycles. The number of fused-ring (bicyclic) bond motifs is 1. The van der Waals surface area contributed by atoms with Crippen molar-refractivity contribution in [3.63, 3.8) is 0 Å². The maximum Gasteiger partial charge on any atom is 0.263 e. The van der Waals surface area contributed by atoms with E-state index in [0.29, 0.717) is 24.7 Å². The molecule has 0 aliphatic carbocycles. The van der Waals surface area contributed by atoms with E-state index in [-0.39, 0.29) is 17.5 Å². The van der Waals surface area contributed by atoms with Crippen molar-refractivity contribution in [2.24, 2.45) is 0 Å². The highest BCUT2D eigenvalue weighted by Gasteiger charge is 2.32. The lowest BCUT2D eigenvalue weighted by atomic mass is 10.1. The normalized spacial score (nSPS) is 16.5. The first-order valence-corrected chi connectivity index (χ1v) is 7.99. The quantitative estimate of drug-likeness (QED) is 0.759. The minimum Gasteiger partial charge on any atom is -0.327 e. The van der Waals surface area contributed by atoms with Gasteiger partial charge in [0.1, 0.15) is 11.4 Å². The molecule has 0 bridgehead atoms. The molecule has 3 aromatic rings. The van der Waals surface area contributed by atoms with Crippen LogP contribution in [0.3, 0.4) is 0 Å². The van der Waals surface area contributed by atoms with Crippen LogP contribution in [0.1, 0.15) is 29.1 Å². The molecular formula is C17H16N6O2. The zero-order chi connectivity index (χ0) is 17.4. The number of nitrogens with zero attached hydrogens (tertiary/aromatic N) is 5. The van der Waals surface area contributed by atoms with Crippen molar-refractivity contribution in [3.8, 4) is 11.4 Å². The van der Waals surface area contributed by atoms with E-state index in [2.05, 4.69) is 20.1 Å². The predicted molar refractivity (Wildman–Crippen MR) is 89.8 cm³/mol. The van der Waals surface area contributed by atoms with Gasteiger partial charge in [-0.25, -0.2) is 14.6 Å². The van der Waals surface area contributed by atoms with E-state index < -0.39 is 5.56 Å². The SMILES string of the molecule is C[C@H]1c2nc(-c3ccccc3)nn2CCN1C(=O)c1cnc[nH]c1=O. The largest absolute Gasteiger partial charge is 0.327 e. The van der Waals surface area contributed by atoms with Crippen LogP contribution in [-0.2, 0) is 6.54 Å². The molecule has 1 atom stereocenters. The van der Waals surface area contributed by atoms with Gasteiger partial charge < -0.3 is 9.88 Å². The molecular weight excluding hydrogens is 320 g/mol. The summed E-state index contributed by atoms with van der Waals surface area (Å²) < 4.78 is 1.82. The lowest BCUT2D eigenvalue weighted by Crippen LogP contribution is -2.43. The first-order chi connectivity index (χ1) is 12.1. The predicted octanol–water partition coefficient (Wildman–Crippen LogP) is 1.25. The number of amides is 1. The van der Waals surface area contributed by atoms with Gasteiger partial charge in [0, 0.05) is 18.3 Å². The fourth-order valence-corrected chi connectivity index (χ4v) is 3.00. The van der Waals surface area contributed by atoms with E-state index in [1.54, 1.807) is 4.90 Å². The van der Waals surface area contributed by atoms with Crippen molar-refractivity contribution in [1.29, 1.82) is 0 Å². The number of carbonyl (C=O) groups excluding carboxylic acids is 1. The molecule has 0 saturated heterocycles. The van der Waals surface area contributed by atoms with E-state index in [1.165, 1.54) is 12.5 Å². The number of rotatable bonds is 2. The number of H-pyrrole nitrogens is 1. The van der Waals surface area contributed by atoms with Gasteiger partial charge in [-0.15, -0.1) is 0 Å². The van der Waals surface area contributed by atoms with Gasteiger partial charge in [0.05, 0.1) is 18.9 Å². The Balaban J connectivity index is 1.67. The van der Waals surface area contributed by atoms with Crippen molar-refractivity contribution in [3.05, 3.63) is 64.6 Å². The Hall–Kier alpha value is -3.29. The van der Waals surface area contributed by atoms with E-state index in [0.717, 1.165) is 5.56 Å². The molecule has 25 heavy (non-hydrogen) atoms. The van der Waals surface area contributed by atoms with Gasteiger partial charge in [0.25, 0.3) is 11.5 Å². The average molecular weight is 336 g/mol. The second-order valence-corrected chi connectivity index (χ2v) is 5.85. The van der Waals surface area contributed by atoms with Crippen LogP contribution in [0.25, 0.3) is 11.4 Å². The minimum atomic E-state index is -0.441. The summed E-state index contributed by atoms with van der Waals surface area (Å²) in [7, 11) is 0.